The van der Waals surface area contributed by atoms with Crippen LogP contribution >= 0.6 is 0 Å². The SMILES string of the molecule is CCCCCNC(=O)N1CCCN1C(=O)C=Cc1cc(OC)ccc1OC. The van der Waals surface area contributed by atoms with Gasteiger partial charge in [-0.2, -0.15) is 0 Å². The summed E-state index contributed by atoms with van der Waals surface area (Å²) < 4.78 is 10.5. The number of methoxy groups -OCH3 is 2. The van der Waals surface area contributed by atoms with Crippen LogP contribution in [0, 0.1) is 0 Å². The van der Waals surface area contributed by atoms with Crippen molar-refractivity contribution >= 4 is 18.0 Å². The molecular weight excluding hydrogens is 346 g/mol. The molecule has 2 rings (SSSR count). The Hall–Kier alpha value is -2.70. The van der Waals surface area contributed by atoms with Gasteiger partial charge in [-0.25, -0.2) is 14.8 Å². The predicted octanol–water partition coefficient (Wildman–Crippen LogP) is 3.07. The molecule has 148 valence electrons. The number of carbonyl (C=O) groups is 2. The highest BCUT2D eigenvalue weighted by Crippen LogP contribution is 2.25. The summed E-state index contributed by atoms with van der Waals surface area (Å²) in [5.74, 6) is 1.09. The highest BCUT2D eigenvalue weighted by atomic mass is 16.5. The van der Waals surface area contributed by atoms with Crippen LogP contribution in [0.25, 0.3) is 6.08 Å². The molecule has 3 amide bonds. The van der Waals surface area contributed by atoms with Crippen molar-refractivity contribution in [3.8, 4) is 11.5 Å². The van der Waals surface area contributed by atoms with Gasteiger partial charge in [-0.15, -0.1) is 0 Å². The standard InChI is InChI=1S/C20H29N3O4/c1-4-5-6-12-21-20(25)23-14-7-13-22(23)19(24)11-8-16-15-17(26-2)9-10-18(16)27-3/h8-11,15H,4-7,12-14H2,1-3H3,(H,21,25). The van der Waals surface area contributed by atoms with Crippen molar-refractivity contribution in [2.24, 2.45) is 0 Å². The number of nitrogens with zero attached hydrogens (tertiary/aromatic N) is 2. The van der Waals surface area contributed by atoms with Gasteiger partial charge in [0.2, 0.25) is 0 Å². The molecule has 1 aromatic rings. The van der Waals surface area contributed by atoms with Gasteiger partial charge in [-0.1, -0.05) is 19.8 Å². The van der Waals surface area contributed by atoms with Crippen molar-refractivity contribution < 1.29 is 19.1 Å². The third-order valence-corrected chi connectivity index (χ3v) is 4.42. The molecule has 0 atom stereocenters. The van der Waals surface area contributed by atoms with Gasteiger partial charge in [0.05, 0.1) is 14.2 Å². The average molecular weight is 375 g/mol. The molecule has 1 N–H and O–H groups in total. The molecule has 7 heteroatoms. The number of hydrogen-bond acceptors (Lipinski definition) is 4. The van der Waals surface area contributed by atoms with E-state index in [1.807, 2.05) is 0 Å². The molecule has 1 heterocycles. The lowest BCUT2D eigenvalue weighted by Gasteiger charge is -2.27. The highest BCUT2D eigenvalue weighted by Gasteiger charge is 2.29. The van der Waals surface area contributed by atoms with Crippen molar-refractivity contribution in [3.05, 3.63) is 29.8 Å². The molecule has 27 heavy (non-hydrogen) atoms. The minimum Gasteiger partial charge on any atom is -0.497 e. The Morgan fingerprint density at radius 1 is 1.15 bits per heavy atom. The minimum atomic E-state index is -0.235. The number of rotatable bonds is 8. The summed E-state index contributed by atoms with van der Waals surface area (Å²) in [6, 6.07) is 5.16. The Kier molecular flexibility index (Phi) is 7.98. The summed E-state index contributed by atoms with van der Waals surface area (Å²) in [5.41, 5.74) is 0.736. The first-order valence-electron chi connectivity index (χ1n) is 9.37. The fraction of sp³-hybridized carbons (Fsp3) is 0.500. The number of hydrazine groups is 1. The van der Waals surface area contributed by atoms with Crippen LogP contribution in [0.3, 0.4) is 0 Å². The molecule has 1 fully saturated rings. The molecule has 0 radical (unpaired) electrons. The second-order valence-corrected chi connectivity index (χ2v) is 6.32. The van der Waals surface area contributed by atoms with Gasteiger partial charge in [0, 0.05) is 31.3 Å². The maximum absolute atomic E-state index is 12.6. The summed E-state index contributed by atoms with van der Waals surface area (Å²) in [4.78, 5) is 25.0. The molecule has 7 nitrogen and oxygen atoms in total. The van der Waals surface area contributed by atoms with E-state index < -0.39 is 0 Å². The molecule has 0 saturated carbocycles. The summed E-state index contributed by atoms with van der Waals surface area (Å²) >= 11 is 0. The molecular formula is C20H29N3O4. The zero-order valence-corrected chi connectivity index (χ0v) is 16.4. The van der Waals surface area contributed by atoms with Crippen LogP contribution in [-0.2, 0) is 4.79 Å². The number of amides is 3. The molecule has 1 saturated heterocycles. The van der Waals surface area contributed by atoms with Crippen LogP contribution in [0.4, 0.5) is 4.79 Å². The van der Waals surface area contributed by atoms with E-state index in [-0.39, 0.29) is 11.9 Å². The highest BCUT2D eigenvalue weighted by molar-refractivity contribution is 5.93. The van der Waals surface area contributed by atoms with Crippen LogP contribution in [0.1, 0.15) is 38.2 Å². The predicted molar refractivity (Wildman–Crippen MR) is 105 cm³/mol. The maximum Gasteiger partial charge on any atom is 0.336 e. The fourth-order valence-corrected chi connectivity index (χ4v) is 2.93. The van der Waals surface area contributed by atoms with E-state index in [0.717, 1.165) is 31.2 Å². The lowest BCUT2D eigenvalue weighted by molar-refractivity contribution is -0.134. The van der Waals surface area contributed by atoms with E-state index in [0.29, 0.717) is 31.1 Å². The number of ether oxygens (including phenoxy) is 2. The Bertz CT molecular complexity index is 675. The maximum atomic E-state index is 12.6. The first kappa shape index (κ1) is 20.6. The Morgan fingerprint density at radius 3 is 2.63 bits per heavy atom. The Labute approximate surface area is 160 Å². The van der Waals surface area contributed by atoms with E-state index in [1.54, 1.807) is 38.5 Å². The number of benzene rings is 1. The van der Waals surface area contributed by atoms with E-state index in [2.05, 4.69) is 12.2 Å². The smallest absolute Gasteiger partial charge is 0.336 e. The number of carbonyl (C=O) groups excluding carboxylic acids is 2. The number of urea groups is 1. The summed E-state index contributed by atoms with van der Waals surface area (Å²) in [7, 11) is 3.16. The molecule has 1 aliphatic rings. The molecule has 1 aromatic carbocycles. The third-order valence-electron chi connectivity index (χ3n) is 4.42. The van der Waals surface area contributed by atoms with Crippen molar-refractivity contribution in [3.63, 3.8) is 0 Å². The topological polar surface area (TPSA) is 71.1 Å². The minimum absolute atomic E-state index is 0.218. The van der Waals surface area contributed by atoms with Crippen LogP contribution in [0.15, 0.2) is 24.3 Å². The van der Waals surface area contributed by atoms with Crippen LogP contribution < -0.4 is 14.8 Å². The summed E-state index contributed by atoms with van der Waals surface area (Å²) in [6.07, 6.45) is 7.03. The second kappa shape index (κ2) is 10.4. The first-order valence-corrected chi connectivity index (χ1v) is 9.37. The Balaban J connectivity index is 2.01. The third kappa shape index (κ3) is 5.64. The molecule has 0 unspecified atom stereocenters. The quantitative estimate of drug-likeness (QED) is 0.560. The van der Waals surface area contributed by atoms with Crippen molar-refractivity contribution in [1.82, 2.24) is 15.3 Å². The van der Waals surface area contributed by atoms with Crippen LogP contribution in [0.2, 0.25) is 0 Å². The van der Waals surface area contributed by atoms with Gasteiger partial charge in [-0.3, -0.25) is 4.79 Å². The number of unbranched alkanes of at least 4 members (excludes halogenated alkanes) is 2. The zero-order valence-electron chi connectivity index (χ0n) is 16.4. The van der Waals surface area contributed by atoms with Crippen LogP contribution in [0.5, 0.6) is 11.5 Å². The summed E-state index contributed by atoms with van der Waals surface area (Å²) in [5, 5.41) is 5.86. The fourth-order valence-electron chi connectivity index (χ4n) is 2.93. The molecule has 1 aliphatic heterocycles. The van der Waals surface area contributed by atoms with Gasteiger partial charge < -0.3 is 14.8 Å². The lowest BCUT2D eigenvalue weighted by Crippen LogP contribution is -2.48. The van der Waals surface area contributed by atoms with Crippen molar-refractivity contribution in [2.75, 3.05) is 33.9 Å². The monoisotopic (exact) mass is 375 g/mol. The lowest BCUT2D eigenvalue weighted by atomic mass is 10.1. The average Bonchev–Trinajstić information content (AvgIpc) is 3.19. The zero-order chi connectivity index (χ0) is 19.6. The molecule has 0 bridgehead atoms. The largest absolute Gasteiger partial charge is 0.497 e. The van der Waals surface area contributed by atoms with E-state index >= 15 is 0 Å². The van der Waals surface area contributed by atoms with E-state index in [1.165, 1.54) is 16.1 Å². The number of nitrogens with one attached hydrogen (secondary N) is 1. The molecule has 0 aliphatic carbocycles. The van der Waals surface area contributed by atoms with Crippen molar-refractivity contribution in [1.29, 1.82) is 0 Å². The summed E-state index contributed by atoms with van der Waals surface area (Å²) in [6.45, 7) is 3.82. The van der Waals surface area contributed by atoms with Gasteiger partial charge >= 0.3 is 6.03 Å². The first-order chi connectivity index (χ1) is 13.1. The van der Waals surface area contributed by atoms with Gasteiger partial charge in [0.25, 0.3) is 5.91 Å². The normalized spacial score (nSPS) is 13.9. The second-order valence-electron chi connectivity index (χ2n) is 6.32. The number of hydrogen-bond donors (Lipinski definition) is 1. The van der Waals surface area contributed by atoms with Crippen molar-refractivity contribution in [2.45, 2.75) is 32.6 Å². The van der Waals surface area contributed by atoms with Crippen LogP contribution in [-0.4, -0.2) is 55.8 Å². The van der Waals surface area contributed by atoms with Gasteiger partial charge in [-0.05, 0) is 37.1 Å². The van der Waals surface area contributed by atoms with Gasteiger partial charge in [0.1, 0.15) is 11.5 Å². The van der Waals surface area contributed by atoms with E-state index in [4.69, 9.17) is 9.47 Å². The van der Waals surface area contributed by atoms with E-state index in [9.17, 15) is 9.59 Å². The molecule has 0 aromatic heterocycles. The molecule has 0 spiro atoms. The Morgan fingerprint density at radius 2 is 1.93 bits per heavy atom. The van der Waals surface area contributed by atoms with Gasteiger partial charge in [0.15, 0.2) is 0 Å².